The zero-order valence-electron chi connectivity index (χ0n) is 11.3. The average molecular weight is 282 g/mol. The Morgan fingerprint density at radius 3 is 2.79 bits per heavy atom. The number of nitrogens with one attached hydrogen (secondary N) is 1. The van der Waals surface area contributed by atoms with Gasteiger partial charge in [-0.15, -0.1) is 10.2 Å². The second-order valence-electron chi connectivity index (χ2n) is 4.83. The minimum absolute atomic E-state index is 0.00977. The molecule has 104 valence electrons. The van der Waals surface area contributed by atoms with E-state index in [1.165, 1.54) is 11.3 Å². The summed E-state index contributed by atoms with van der Waals surface area (Å²) in [5.41, 5.74) is 0. The van der Waals surface area contributed by atoms with Crippen LogP contribution in [-0.4, -0.2) is 46.0 Å². The number of likely N-dealkylation sites (tertiary alicyclic amines) is 1. The molecular formula is C12H18N4O2S. The van der Waals surface area contributed by atoms with Gasteiger partial charge in [-0.3, -0.25) is 9.59 Å². The molecule has 19 heavy (non-hydrogen) atoms. The number of aromatic nitrogens is 2. The molecule has 1 atom stereocenters. The van der Waals surface area contributed by atoms with E-state index >= 15 is 0 Å². The average Bonchev–Trinajstić information content (AvgIpc) is 2.97. The largest absolute Gasteiger partial charge is 0.341 e. The molecule has 0 bridgehead atoms. The number of carbonyl (C=O) groups excluding carboxylic acids is 2. The Kier molecular flexibility index (Phi) is 4.14. The topological polar surface area (TPSA) is 75.2 Å². The van der Waals surface area contributed by atoms with Crippen molar-refractivity contribution in [1.82, 2.24) is 20.4 Å². The lowest BCUT2D eigenvalue weighted by atomic mass is 10.2. The SMILES string of the molecule is CCN1CCC(NC(=O)c2nnc(C(C)C)s2)C1=O. The van der Waals surface area contributed by atoms with Crippen molar-refractivity contribution < 1.29 is 9.59 Å². The number of hydrogen-bond acceptors (Lipinski definition) is 5. The lowest BCUT2D eigenvalue weighted by Gasteiger charge is -2.13. The Bertz CT molecular complexity index is 486. The van der Waals surface area contributed by atoms with Crippen molar-refractivity contribution in [1.29, 1.82) is 0 Å². The van der Waals surface area contributed by atoms with Crippen LogP contribution in [0.3, 0.4) is 0 Å². The first-order valence-corrected chi connectivity index (χ1v) is 7.27. The number of carbonyl (C=O) groups is 2. The molecule has 0 radical (unpaired) electrons. The van der Waals surface area contributed by atoms with E-state index < -0.39 is 6.04 Å². The fourth-order valence-corrected chi connectivity index (χ4v) is 2.72. The number of amides is 2. The molecule has 1 aromatic heterocycles. The van der Waals surface area contributed by atoms with Crippen molar-refractivity contribution >= 4 is 23.2 Å². The molecule has 7 heteroatoms. The van der Waals surface area contributed by atoms with E-state index in [1.54, 1.807) is 4.90 Å². The van der Waals surface area contributed by atoms with Gasteiger partial charge in [0.2, 0.25) is 10.9 Å². The Hall–Kier alpha value is -1.50. The van der Waals surface area contributed by atoms with E-state index in [9.17, 15) is 9.59 Å². The summed E-state index contributed by atoms with van der Waals surface area (Å²) in [6, 6.07) is -0.418. The quantitative estimate of drug-likeness (QED) is 0.894. The molecule has 6 nitrogen and oxygen atoms in total. The summed E-state index contributed by atoms with van der Waals surface area (Å²) in [6.45, 7) is 7.32. The molecule has 1 aromatic rings. The van der Waals surface area contributed by atoms with E-state index in [1.807, 2.05) is 20.8 Å². The summed E-state index contributed by atoms with van der Waals surface area (Å²) in [7, 11) is 0. The smallest absolute Gasteiger partial charge is 0.282 e. The van der Waals surface area contributed by atoms with Crippen LogP contribution in [0.4, 0.5) is 0 Å². The summed E-state index contributed by atoms with van der Waals surface area (Å²) in [5.74, 6) is -0.0621. The molecule has 2 heterocycles. The molecule has 1 fully saturated rings. The van der Waals surface area contributed by atoms with Crippen LogP contribution < -0.4 is 5.32 Å². The maximum absolute atomic E-state index is 12.0. The Labute approximate surface area is 116 Å². The van der Waals surface area contributed by atoms with Crippen LogP contribution in [0.1, 0.15) is 47.9 Å². The van der Waals surface area contributed by atoms with Gasteiger partial charge in [0.25, 0.3) is 5.91 Å². The van der Waals surface area contributed by atoms with Crippen molar-refractivity contribution in [2.45, 2.75) is 39.2 Å². The van der Waals surface area contributed by atoms with E-state index in [2.05, 4.69) is 15.5 Å². The second kappa shape index (κ2) is 5.64. The normalized spacial score (nSPS) is 19.3. The fourth-order valence-electron chi connectivity index (χ4n) is 1.97. The van der Waals surface area contributed by atoms with Crippen molar-refractivity contribution in [2.75, 3.05) is 13.1 Å². The van der Waals surface area contributed by atoms with Gasteiger partial charge in [0.15, 0.2) is 0 Å². The third-order valence-corrected chi connectivity index (χ3v) is 4.34. The van der Waals surface area contributed by atoms with Gasteiger partial charge in [0, 0.05) is 19.0 Å². The van der Waals surface area contributed by atoms with Gasteiger partial charge in [0.05, 0.1) is 0 Å². The first-order chi connectivity index (χ1) is 9.02. The highest BCUT2D eigenvalue weighted by atomic mass is 32.1. The molecule has 1 saturated heterocycles. The van der Waals surface area contributed by atoms with Crippen LogP contribution in [0.15, 0.2) is 0 Å². The highest BCUT2D eigenvalue weighted by Gasteiger charge is 2.32. The van der Waals surface area contributed by atoms with Crippen LogP contribution in [0.25, 0.3) is 0 Å². The molecule has 1 aliphatic heterocycles. The van der Waals surface area contributed by atoms with Crippen molar-refractivity contribution in [3.05, 3.63) is 10.0 Å². The molecule has 1 aliphatic rings. The summed E-state index contributed by atoms with van der Waals surface area (Å²) in [5, 5.41) is 11.7. The number of hydrogen-bond donors (Lipinski definition) is 1. The van der Waals surface area contributed by atoms with Gasteiger partial charge in [-0.2, -0.15) is 0 Å². The third-order valence-electron chi connectivity index (χ3n) is 3.11. The molecule has 1 unspecified atom stereocenters. The molecule has 0 aromatic carbocycles. The summed E-state index contributed by atoms with van der Waals surface area (Å²) in [4.78, 5) is 25.6. The third kappa shape index (κ3) is 2.91. The van der Waals surface area contributed by atoms with Crippen LogP contribution in [0, 0.1) is 0 Å². The van der Waals surface area contributed by atoms with Crippen LogP contribution >= 0.6 is 11.3 Å². The lowest BCUT2D eigenvalue weighted by molar-refractivity contribution is -0.129. The summed E-state index contributed by atoms with van der Waals surface area (Å²) in [6.07, 6.45) is 0.661. The number of rotatable bonds is 4. The second-order valence-corrected chi connectivity index (χ2v) is 5.84. The molecule has 0 aliphatic carbocycles. The Morgan fingerprint density at radius 2 is 2.26 bits per heavy atom. The van der Waals surface area contributed by atoms with Gasteiger partial charge < -0.3 is 10.2 Å². The highest BCUT2D eigenvalue weighted by molar-refractivity contribution is 7.13. The van der Waals surface area contributed by atoms with Crippen LogP contribution in [-0.2, 0) is 4.79 Å². The van der Waals surface area contributed by atoms with Gasteiger partial charge in [-0.05, 0) is 13.3 Å². The molecule has 0 saturated carbocycles. The summed E-state index contributed by atoms with van der Waals surface area (Å²) < 4.78 is 0. The van der Waals surface area contributed by atoms with Crippen molar-refractivity contribution in [3.63, 3.8) is 0 Å². The van der Waals surface area contributed by atoms with E-state index in [-0.39, 0.29) is 17.7 Å². The molecule has 2 rings (SSSR count). The predicted molar refractivity (Wildman–Crippen MR) is 72.1 cm³/mol. The van der Waals surface area contributed by atoms with E-state index in [0.29, 0.717) is 24.5 Å². The van der Waals surface area contributed by atoms with E-state index in [4.69, 9.17) is 0 Å². The zero-order valence-corrected chi connectivity index (χ0v) is 12.2. The first-order valence-electron chi connectivity index (χ1n) is 6.46. The minimum atomic E-state index is -0.418. The zero-order chi connectivity index (χ0) is 14.0. The Balaban J connectivity index is 1.99. The number of nitrogens with zero attached hydrogens (tertiary/aromatic N) is 3. The van der Waals surface area contributed by atoms with Crippen LogP contribution in [0.5, 0.6) is 0 Å². The standard InChI is InChI=1S/C12H18N4O2S/c1-4-16-6-5-8(12(16)18)13-9(17)11-15-14-10(19-11)7(2)3/h7-8H,4-6H2,1-3H3,(H,13,17). The summed E-state index contributed by atoms with van der Waals surface area (Å²) >= 11 is 1.28. The van der Waals surface area contributed by atoms with Gasteiger partial charge in [0.1, 0.15) is 11.0 Å². The first kappa shape index (κ1) is 13.9. The maximum atomic E-state index is 12.0. The van der Waals surface area contributed by atoms with Crippen molar-refractivity contribution in [2.24, 2.45) is 0 Å². The monoisotopic (exact) mass is 282 g/mol. The van der Waals surface area contributed by atoms with Gasteiger partial charge in [-0.1, -0.05) is 25.2 Å². The molecule has 1 N–H and O–H groups in total. The van der Waals surface area contributed by atoms with Crippen LogP contribution in [0.2, 0.25) is 0 Å². The predicted octanol–water partition coefficient (Wildman–Crippen LogP) is 1.01. The van der Waals surface area contributed by atoms with Crippen molar-refractivity contribution in [3.8, 4) is 0 Å². The lowest BCUT2D eigenvalue weighted by Crippen LogP contribution is -2.41. The van der Waals surface area contributed by atoms with Gasteiger partial charge >= 0.3 is 0 Å². The molecule has 2 amide bonds. The van der Waals surface area contributed by atoms with Gasteiger partial charge in [-0.25, -0.2) is 0 Å². The molecular weight excluding hydrogens is 264 g/mol. The number of likely N-dealkylation sites (N-methyl/N-ethyl adjacent to an activating group) is 1. The molecule has 0 spiro atoms. The fraction of sp³-hybridized carbons (Fsp3) is 0.667. The Morgan fingerprint density at radius 1 is 1.53 bits per heavy atom. The minimum Gasteiger partial charge on any atom is -0.341 e. The van der Waals surface area contributed by atoms with E-state index in [0.717, 1.165) is 5.01 Å². The highest BCUT2D eigenvalue weighted by Crippen LogP contribution is 2.19. The maximum Gasteiger partial charge on any atom is 0.282 e.